The molecule has 2 aliphatic rings. The summed E-state index contributed by atoms with van der Waals surface area (Å²) in [7, 11) is 0. The van der Waals surface area contributed by atoms with Crippen molar-refractivity contribution in [2.45, 2.75) is 70.6 Å². The quantitative estimate of drug-likeness (QED) is 0.887. The molecule has 7 nitrogen and oxygen atoms in total. The van der Waals surface area contributed by atoms with Gasteiger partial charge in [-0.1, -0.05) is 13.3 Å². The summed E-state index contributed by atoms with van der Waals surface area (Å²) in [6.07, 6.45) is 5.86. The Morgan fingerprint density at radius 2 is 2.19 bits per heavy atom. The zero-order valence-electron chi connectivity index (χ0n) is 15.7. The molecular formula is C19H28N6O. The summed E-state index contributed by atoms with van der Waals surface area (Å²) >= 11 is 0. The molecule has 0 spiro atoms. The van der Waals surface area contributed by atoms with Crippen molar-refractivity contribution in [1.82, 2.24) is 30.3 Å². The number of ether oxygens (including phenoxy) is 1. The van der Waals surface area contributed by atoms with Crippen molar-refractivity contribution in [3.05, 3.63) is 23.7 Å². The lowest BCUT2D eigenvalue weighted by Crippen LogP contribution is -2.51. The minimum Gasteiger partial charge on any atom is -0.375 e. The molecule has 0 aromatic carbocycles. The highest BCUT2D eigenvalue weighted by Crippen LogP contribution is 2.35. The molecule has 140 valence electrons. The van der Waals surface area contributed by atoms with Crippen LogP contribution < -0.4 is 5.32 Å². The molecule has 3 heterocycles. The molecule has 4 rings (SSSR count). The van der Waals surface area contributed by atoms with Gasteiger partial charge in [-0.25, -0.2) is 9.67 Å². The Hall–Kier alpha value is -1.86. The number of rotatable bonds is 5. The molecule has 0 bridgehead atoms. The average molecular weight is 356 g/mol. The second kappa shape index (κ2) is 7.80. The van der Waals surface area contributed by atoms with Gasteiger partial charge < -0.3 is 10.1 Å². The minimum absolute atomic E-state index is 0.356. The Bertz CT molecular complexity index is 728. The van der Waals surface area contributed by atoms with Crippen molar-refractivity contribution in [2.75, 3.05) is 13.2 Å². The van der Waals surface area contributed by atoms with E-state index in [1.165, 1.54) is 0 Å². The fourth-order valence-electron chi connectivity index (χ4n) is 4.00. The Balaban J connectivity index is 1.60. The van der Waals surface area contributed by atoms with E-state index < -0.39 is 0 Å². The van der Waals surface area contributed by atoms with Crippen molar-refractivity contribution in [2.24, 2.45) is 0 Å². The number of hydrogen-bond acceptors (Lipinski definition) is 6. The highest BCUT2D eigenvalue weighted by molar-refractivity contribution is 5.47. The lowest BCUT2D eigenvalue weighted by Gasteiger charge is -2.39. The van der Waals surface area contributed by atoms with Crippen LogP contribution in [0.3, 0.4) is 0 Å². The predicted octanol–water partition coefficient (Wildman–Crippen LogP) is 2.47. The van der Waals surface area contributed by atoms with E-state index in [4.69, 9.17) is 14.8 Å². The predicted molar refractivity (Wildman–Crippen MR) is 98.8 cm³/mol. The fourth-order valence-corrected chi connectivity index (χ4v) is 4.00. The molecule has 1 saturated carbocycles. The third-order valence-corrected chi connectivity index (χ3v) is 5.44. The van der Waals surface area contributed by atoms with Crippen molar-refractivity contribution < 1.29 is 4.74 Å². The summed E-state index contributed by atoms with van der Waals surface area (Å²) in [4.78, 5) is 4.91. The number of nitrogens with one attached hydrogen (secondary N) is 1. The van der Waals surface area contributed by atoms with Crippen LogP contribution in [0.25, 0.3) is 11.5 Å². The van der Waals surface area contributed by atoms with E-state index in [1.54, 1.807) is 0 Å². The summed E-state index contributed by atoms with van der Waals surface area (Å²) in [5, 5.41) is 16.8. The van der Waals surface area contributed by atoms with E-state index in [0.29, 0.717) is 23.9 Å². The summed E-state index contributed by atoms with van der Waals surface area (Å²) in [5.41, 5.74) is 1.65. The summed E-state index contributed by atoms with van der Waals surface area (Å²) in [6, 6.07) is 4.35. The molecule has 3 atom stereocenters. The van der Waals surface area contributed by atoms with Crippen LogP contribution in [0.1, 0.15) is 56.5 Å². The van der Waals surface area contributed by atoms with E-state index in [-0.39, 0.29) is 0 Å². The zero-order chi connectivity index (χ0) is 17.9. The van der Waals surface area contributed by atoms with E-state index in [1.807, 2.05) is 19.1 Å². The normalized spacial score (nSPS) is 25.8. The van der Waals surface area contributed by atoms with Crippen LogP contribution in [-0.2, 0) is 11.3 Å². The third kappa shape index (κ3) is 3.64. The van der Waals surface area contributed by atoms with Gasteiger partial charge in [-0.2, -0.15) is 5.10 Å². The van der Waals surface area contributed by atoms with Crippen LogP contribution in [0.5, 0.6) is 0 Å². The Labute approximate surface area is 154 Å². The molecule has 26 heavy (non-hydrogen) atoms. The highest BCUT2D eigenvalue weighted by Gasteiger charge is 2.35. The number of aromatic nitrogens is 5. The maximum atomic E-state index is 5.92. The molecular weight excluding hydrogens is 328 g/mol. The van der Waals surface area contributed by atoms with E-state index in [2.05, 4.69) is 27.1 Å². The van der Waals surface area contributed by atoms with Gasteiger partial charge in [0.2, 0.25) is 5.82 Å². The van der Waals surface area contributed by atoms with Gasteiger partial charge in [0.1, 0.15) is 11.5 Å². The second-order valence-corrected chi connectivity index (χ2v) is 7.41. The number of unbranched alkanes of at least 4 members (excludes halogenated alkanes) is 1. The lowest BCUT2D eigenvalue weighted by molar-refractivity contribution is -0.0282. The topological polar surface area (TPSA) is 77.8 Å². The highest BCUT2D eigenvalue weighted by atomic mass is 16.5. The van der Waals surface area contributed by atoms with Gasteiger partial charge in [-0.05, 0) is 44.7 Å². The van der Waals surface area contributed by atoms with Gasteiger partial charge in [0.15, 0.2) is 0 Å². The maximum Gasteiger partial charge on any atom is 0.201 e. The molecule has 2 fully saturated rings. The van der Waals surface area contributed by atoms with Gasteiger partial charge in [0.25, 0.3) is 0 Å². The van der Waals surface area contributed by atoms with Crippen molar-refractivity contribution in [3.63, 3.8) is 0 Å². The number of nitrogens with zero attached hydrogens (tertiary/aromatic N) is 5. The van der Waals surface area contributed by atoms with Crippen molar-refractivity contribution in [1.29, 1.82) is 0 Å². The third-order valence-electron chi connectivity index (χ3n) is 5.44. The van der Waals surface area contributed by atoms with Gasteiger partial charge in [0.05, 0.1) is 18.4 Å². The number of fused-ring (bicyclic) bond motifs is 1. The average Bonchev–Trinajstić information content (AvgIpc) is 3.10. The summed E-state index contributed by atoms with van der Waals surface area (Å²) in [5.74, 6) is 2.21. The van der Waals surface area contributed by atoms with E-state index >= 15 is 0 Å². The summed E-state index contributed by atoms with van der Waals surface area (Å²) < 4.78 is 8.03. The molecule has 1 N–H and O–H groups in total. The molecule has 7 heteroatoms. The number of morpholine rings is 1. The van der Waals surface area contributed by atoms with Crippen LogP contribution >= 0.6 is 0 Å². The van der Waals surface area contributed by atoms with Crippen molar-refractivity contribution in [3.8, 4) is 11.5 Å². The van der Waals surface area contributed by atoms with Gasteiger partial charge >= 0.3 is 0 Å². The van der Waals surface area contributed by atoms with Gasteiger partial charge in [-0.3, -0.25) is 0 Å². The molecule has 2 aromatic rings. The monoisotopic (exact) mass is 356 g/mol. The first-order chi connectivity index (χ1) is 12.7. The molecule has 0 amide bonds. The molecule has 1 saturated heterocycles. The van der Waals surface area contributed by atoms with E-state index in [9.17, 15) is 0 Å². The second-order valence-electron chi connectivity index (χ2n) is 7.41. The van der Waals surface area contributed by atoms with Crippen LogP contribution in [0.4, 0.5) is 0 Å². The molecule has 1 aliphatic heterocycles. The first-order valence-electron chi connectivity index (χ1n) is 9.85. The van der Waals surface area contributed by atoms with Crippen molar-refractivity contribution >= 4 is 0 Å². The Morgan fingerprint density at radius 1 is 1.27 bits per heavy atom. The number of hydrogen-bond donors (Lipinski definition) is 1. The van der Waals surface area contributed by atoms with Crippen LogP contribution in [0.15, 0.2) is 12.1 Å². The first kappa shape index (κ1) is 17.5. The van der Waals surface area contributed by atoms with E-state index in [0.717, 1.165) is 69.0 Å². The lowest BCUT2D eigenvalue weighted by atomic mass is 9.82. The largest absolute Gasteiger partial charge is 0.375 e. The van der Waals surface area contributed by atoms with Crippen LogP contribution in [0, 0.1) is 6.92 Å². The molecule has 0 unspecified atom stereocenters. The van der Waals surface area contributed by atoms with Crippen LogP contribution in [0.2, 0.25) is 0 Å². The van der Waals surface area contributed by atoms with Gasteiger partial charge in [0, 0.05) is 25.0 Å². The minimum atomic E-state index is 0.356. The SMILES string of the molecule is CCCCn1nc(-c2ccc(C)nn2)nc1[C@H]1CC[C@H]2OCCN[C@@H]2C1. The number of aryl methyl sites for hydroxylation is 2. The molecule has 0 radical (unpaired) electrons. The molecule has 1 aliphatic carbocycles. The Kier molecular flexibility index (Phi) is 5.26. The first-order valence-corrected chi connectivity index (χ1v) is 9.85. The maximum absolute atomic E-state index is 5.92. The zero-order valence-corrected chi connectivity index (χ0v) is 15.7. The Morgan fingerprint density at radius 3 is 3.00 bits per heavy atom. The standard InChI is InChI=1S/C19H28N6O/c1-3-4-10-25-19(14-6-8-17-16(12-14)20-9-11-26-17)21-18(24-25)15-7-5-13(2)22-23-15/h5,7,14,16-17,20H,3-4,6,8-12H2,1-2H3/t14-,16+,17+/m0/s1. The smallest absolute Gasteiger partial charge is 0.201 e. The van der Waals surface area contributed by atoms with Crippen LogP contribution in [-0.4, -0.2) is 50.3 Å². The summed E-state index contributed by atoms with van der Waals surface area (Å²) in [6.45, 7) is 6.83. The molecule has 2 aromatic heterocycles. The van der Waals surface area contributed by atoms with Gasteiger partial charge in [-0.15, -0.1) is 10.2 Å². The fraction of sp³-hybridized carbons (Fsp3) is 0.684.